The summed E-state index contributed by atoms with van der Waals surface area (Å²) >= 11 is 0. The molecule has 2 aliphatic rings. The minimum atomic E-state index is -1.51. The molecule has 2 aromatic carbocycles. The van der Waals surface area contributed by atoms with E-state index in [1.165, 1.54) is 43.3 Å². The van der Waals surface area contributed by atoms with Crippen LogP contribution in [0, 0.1) is 23.5 Å². The highest BCUT2D eigenvalue weighted by Gasteiger charge is 2.35. The molecule has 2 aliphatic heterocycles. The number of hydrogen-bond donors (Lipinski definition) is 2. The van der Waals surface area contributed by atoms with Gasteiger partial charge in [0.25, 0.3) is 5.91 Å². The van der Waals surface area contributed by atoms with Crippen molar-refractivity contribution in [1.29, 1.82) is 0 Å². The molecule has 1 unspecified atom stereocenters. The van der Waals surface area contributed by atoms with Crippen LogP contribution in [0.3, 0.4) is 0 Å². The highest BCUT2D eigenvalue weighted by Crippen LogP contribution is 2.33. The fourth-order valence-electron chi connectivity index (χ4n) is 7.51. The standard InChI is InChI=1S/C38H41F2N9O4/c1-3-26-19-27(5-6-28(26)36(50)48(38(51)52)22-24-10-17-49(2,18-11-24)23-25-9-14-41-20-25)46-34-35-45-21-30(47(35)16-15-42-34)29-7-8-31(33(40)32(29)39)53-37-43-12-4-13-44-37/h4-8,12-13,15-16,19,21,24-25,41H,3,9-11,14,17-18,20,22-23H2,1-2H3,(H-,42,46,50,51,52). The average Bonchev–Trinajstić information content (AvgIpc) is 3.84. The van der Waals surface area contributed by atoms with Crippen LogP contribution in [0.4, 0.5) is 25.1 Å². The van der Waals surface area contributed by atoms with E-state index in [1.54, 1.807) is 34.9 Å². The van der Waals surface area contributed by atoms with Crippen LogP contribution >= 0.6 is 0 Å². The number of amides is 2. The molecule has 13 nitrogen and oxygen atoms in total. The molecular formula is C38H41F2N9O4. The van der Waals surface area contributed by atoms with E-state index in [9.17, 15) is 14.7 Å². The number of nitrogens with zero attached hydrogens (tertiary/aromatic N) is 7. The summed E-state index contributed by atoms with van der Waals surface area (Å²) in [5.74, 6) is -2.25. The molecular weight excluding hydrogens is 684 g/mol. The van der Waals surface area contributed by atoms with Gasteiger partial charge in [-0.3, -0.25) is 14.1 Å². The van der Waals surface area contributed by atoms with Crippen molar-refractivity contribution in [1.82, 2.24) is 34.6 Å². The van der Waals surface area contributed by atoms with E-state index in [2.05, 4.69) is 37.6 Å². The Bertz CT molecular complexity index is 2120. The SMILES string of the molecule is CCc1cc(Nc2nccn3c(-c4ccc(Oc5ncccn5)c(F)c4F)cnc23)ccc1C(=O)N(CC1CC[N+](C)(CC2CCNC2)CC1)C(=O)[O-]. The average molecular weight is 726 g/mol. The minimum Gasteiger partial charge on any atom is -0.530 e. The summed E-state index contributed by atoms with van der Waals surface area (Å²) in [7, 11) is 2.28. The number of imide groups is 1. The molecule has 276 valence electrons. The Hall–Kier alpha value is -5.54. The van der Waals surface area contributed by atoms with Crippen LogP contribution < -0.4 is 20.5 Å². The first-order valence-corrected chi connectivity index (χ1v) is 17.8. The molecule has 0 spiro atoms. The number of carbonyl (C=O) groups is 2. The van der Waals surface area contributed by atoms with Crippen molar-refractivity contribution in [2.24, 2.45) is 11.8 Å². The molecule has 7 rings (SSSR count). The maximum absolute atomic E-state index is 15.4. The molecule has 2 amide bonds. The molecule has 2 fully saturated rings. The number of ether oxygens (including phenoxy) is 1. The van der Waals surface area contributed by atoms with Gasteiger partial charge in [0.2, 0.25) is 5.82 Å². The number of anilines is 2. The summed E-state index contributed by atoms with van der Waals surface area (Å²) in [5, 5.41) is 19.0. The first kappa shape index (κ1) is 35.8. The molecule has 0 saturated carbocycles. The molecule has 5 aromatic rings. The molecule has 0 aliphatic carbocycles. The lowest BCUT2D eigenvalue weighted by atomic mass is 9.93. The fraction of sp³-hybridized carbons (Fsp3) is 0.368. The third-order valence-corrected chi connectivity index (χ3v) is 10.4. The number of benzene rings is 2. The van der Waals surface area contributed by atoms with Crippen LogP contribution in [0.5, 0.6) is 11.8 Å². The summed E-state index contributed by atoms with van der Waals surface area (Å²) in [4.78, 5) is 43.5. The third-order valence-electron chi connectivity index (χ3n) is 10.4. The summed E-state index contributed by atoms with van der Waals surface area (Å²) < 4.78 is 38.3. The summed E-state index contributed by atoms with van der Waals surface area (Å²) in [6.45, 7) is 7.12. The number of carboxylic acid groups (broad SMARTS) is 1. The lowest BCUT2D eigenvalue weighted by Gasteiger charge is -2.43. The number of piperidine rings is 1. The van der Waals surface area contributed by atoms with Crippen LogP contribution in [0.15, 0.2) is 67.4 Å². The van der Waals surface area contributed by atoms with Crippen LogP contribution in [-0.2, 0) is 6.42 Å². The number of fused-ring (bicyclic) bond motifs is 1. The fourth-order valence-corrected chi connectivity index (χ4v) is 7.51. The molecule has 1 atom stereocenters. The predicted molar refractivity (Wildman–Crippen MR) is 190 cm³/mol. The largest absolute Gasteiger partial charge is 0.530 e. The highest BCUT2D eigenvalue weighted by atomic mass is 19.2. The maximum atomic E-state index is 15.4. The molecule has 5 heterocycles. The van der Waals surface area contributed by atoms with E-state index in [1.807, 2.05) is 6.92 Å². The van der Waals surface area contributed by atoms with Crippen LogP contribution in [0.25, 0.3) is 16.9 Å². The van der Waals surface area contributed by atoms with Gasteiger partial charge in [-0.2, -0.15) is 4.39 Å². The Morgan fingerprint density at radius 2 is 1.83 bits per heavy atom. The highest BCUT2D eigenvalue weighted by molar-refractivity contribution is 6.03. The number of nitrogens with one attached hydrogen (secondary N) is 2. The second-order valence-corrected chi connectivity index (χ2v) is 14.1. The van der Waals surface area contributed by atoms with Gasteiger partial charge in [0.05, 0.1) is 38.6 Å². The van der Waals surface area contributed by atoms with E-state index >= 15 is 8.78 Å². The zero-order valence-corrected chi connectivity index (χ0v) is 29.6. The van der Waals surface area contributed by atoms with Gasteiger partial charge in [-0.25, -0.2) is 24.3 Å². The van der Waals surface area contributed by atoms with Gasteiger partial charge in [-0.1, -0.05) is 6.92 Å². The van der Waals surface area contributed by atoms with E-state index in [0.29, 0.717) is 35.1 Å². The first-order valence-electron chi connectivity index (χ1n) is 17.8. The Morgan fingerprint density at radius 1 is 1.04 bits per heavy atom. The number of halogens is 2. The van der Waals surface area contributed by atoms with Gasteiger partial charge in [0, 0.05) is 73.5 Å². The van der Waals surface area contributed by atoms with Crippen molar-refractivity contribution in [3.05, 3.63) is 90.1 Å². The molecule has 15 heteroatoms. The lowest BCUT2D eigenvalue weighted by Crippen LogP contribution is -2.54. The van der Waals surface area contributed by atoms with Crippen LogP contribution in [-0.4, -0.2) is 92.0 Å². The van der Waals surface area contributed by atoms with E-state index < -0.39 is 23.6 Å². The van der Waals surface area contributed by atoms with Crippen molar-refractivity contribution in [2.75, 3.05) is 51.6 Å². The number of carbonyl (C=O) groups excluding carboxylic acids is 2. The monoisotopic (exact) mass is 725 g/mol. The molecule has 2 N–H and O–H groups in total. The second kappa shape index (κ2) is 15.2. The number of aryl methyl sites for hydroxylation is 1. The van der Waals surface area contributed by atoms with Gasteiger partial charge in [-0.15, -0.1) is 0 Å². The molecule has 2 saturated heterocycles. The number of likely N-dealkylation sites (tertiary alicyclic amines) is 1. The molecule has 3 aromatic heterocycles. The Morgan fingerprint density at radius 3 is 2.55 bits per heavy atom. The topological polar surface area (TPSA) is 150 Å². The van der Waals surface area contributed by atoms with Gasteiger partial charge in [-0.05, 0) is 67.3 Å². The van der Waals surface area contributed by atoms with Crippen molar-refractivity contribution in [3.63, 3.8) is 0 Å². The zero-order valence-electron chi connectivity index (χ0n) is 29.6. The van der Waals surface area contributed by atoms with Crippen LogP contribution in [0.2, 0.25) is 0 Å². The summed E-state index contributed by atoms with van der Waals surface area (Å²) in [5.41, 5.74) is 2.06. The van der Waals surface area contributed by atoms with Gasteiger partial charge < -0.3 is 29.8 Å². The first-order chi connectivity index (χ1) is 25.6. The third kappa shape index (κ3) is 7.66. The van der Waals surface area contributed by atoms with Crippen molar-refractivity contribution >= 4 is 29.2 Å². The quantitative estimate of drug-likeness (QED) is 0.182. The normalized spacial score (nSPS) is 20.0. The number of rotatable bonds is 11. The van der Waals surface area contributed by atoms with Crippen LogP contribution in [0.1, 0.15) is 42.1 Å². The second-order valence-electron chi connectivity index (χ2n) is 14.1. The maximum Gasteiger partial charge on any atom is 0.321 e. The predicted octanol–water partition coefficient (Wildman–Crippen LogP) is 4.81. The number of aromatic nitrogens is 5. The Balaban J connectivity index is 1.06. The molecule has 0 radical (unpaired) electrons. The van der Waals surface area contributed by atoms with E-state index in [4.69, 9.17) is 4.74 Å². The van der Waals surface area contributed by atoms with Gasteiger partial charge in [0.1, 0.15) is 6.09 Å². The molecule has 53 heavy (non-hydrogen) atoms. The summed E-state index contributed by atoms with van der Waals surface area (Å²) in [6.07, 6.45) is 9.16. The van der Waals surface area contributed by atoms with Crippen molar-refractivity contribution < 1.29 is 32.7 Å². The Kier molecular flexibility index (Phi) is 10.3. The number of quaternary nitrogens is 1. The zero-order chi connectivity index (χ0) is 37.1. The number of imidazole rings is 1. The minimum absolute atomic E-state index is 0.0509. The molecule has 0 bridgehead atoms. The smallest absolute Gasteiger partial charge is 0.321 e. The van der Waals surface area contributed by atoms with E-state index in [0.717, 1.165) is 54.9 Å². The Labute approximate surface area is 305 Å². The van der Waals surface area contributed by atoms with Crippen molar-refractivity contribution in [3.8, 4) is 23.0 Å². The lowest BCUT2D eigenvalue weighted by molar-refractivity contribution is -0.918. The summed E-state index contributed by atoms with van der Waals surface area (Å²) in [6, 6.07) is 9.16. The number of hydrogen-bond acceptors (Lipinski definition) is 10. The van der Waals surface area contributed by atoms with Gasteiger partial charge in [0.15, 0.2) is 23.0 Å². The van der Waals surface area contributed by atoms with Gasteiger partial charge >= 0.3 is 6.01 Å². The van der Waals surface area contributed by atoms with E-state index in [-0.39, 0.29) is 41.0 Å². The van der Waals surface area contributed by atoms with Crippen molar-refractivity contribution in [2.45, 2.75) is 32.6 Å².